The van der Waals surface area contributed by atoms with Gasteiger partial charge in [-0.2, -0.15) is 0 Å². The summed E-state index contributed by atoms with van der Waals surface area (Å²) in [7, 11) is -1.96. The second-order valence-electron chi connectivity index (χ2n) is 6.05. The normalized spacial score (nSPS) is 20.6. The summed E-state index contributed by atoms with van der Waals surface area (Å²) in [6.07, 6.45) is 4.16. The average Bonchev–Trinajstić information content (AvgIpc) is 3.12. The van der Waals surface area contributed by atoms with Gasteiger partial charge in [0.2, 0.25) is 10.0 Å². The Morgan fingerprint density at radius 1 is 1.20 bits per heavy atom. The summed E-state index contributed by atoms with van der Waals surface area (Å²) in [4.78, 5) is 7.94. The Morgan fingerprint density at radius 3 is 2.52 bits per heavy atom. The van der Waals surface area contributed by atoms with Crippen LogP contribution in [0.1, 0.15) is 36.6 Å². The van der Waals surface area contributed by atoms with Crippen molar-refractivity contribution in [3.05, 3.63) is 53.9 Å². The van der Waals surface area contributed by atoms with Crippen LogP contribution < -0.4 is 9.46 Å². The molecule has 2 atom stereocenters. The van der Waals surface area contributed by atoms with Gasteiger partial charge in [0, 0.05) is 12.5 Å². The Morgan fingerprint density at radius 2 is 1.88 bits per heavy atom. The van der Waals surface area contributed by atoms with Crippen LogP contribution in [0.5, 0.6) is 5.75 Å². The van der Waals surface area contributed by atoms with Gasteiger partial charge in [-0.05, 0) is 30.5 Å². The third-order valence-electron chi connectivity index (χ3n) is 4.46. The molecule has 0 amide bonds. The van der Waals surface area contributed by atoms with Crippen LogP contribution in [0.4, 0.5) is 4.39 Å². The molecular formula is C17H20FN3O3S. The number of nitrogens with one attached hydrogen (secondary N) is 1. The minimum Gasteiger partial charge on any atom is -0.497 e. The molecule has 6 nitrogen and oxygen atoms in total. The minimum atomic E-state index is -3.54. The van der Waals surface area contributed by atoms with Crippen molar-refractivity contribution in [1.82, 2.24) is 14.7 Å². The van der Waals surface area contributed by atoms with Crippen molar-refractivity contribution in [3.8, 4) is 5.75 Å². The molecule has 0 spiro atoms. The SMILES string of the molecule is COc1ccc(CNS(=O)(=O)[C@@H]2CCC[C@@H]2c2ncc(F)cn2)cc1. The number of hydrogen-bond donors (Lipinski definition) is 1. The number of methoxy groups -OCH3 is 1. The highest BCUT2D eigenvalue weighted by molar-refractivity contribution is 7.90. The molecular weight excluding hydrogens is 345 g/mol. The van der Waals surface area contributed by atoms with Gasteiger partial charge in [-0.15, -0.1) is 0 Å². The van der Waals surface area contributed by atoms with Crippen LogP contribution in [0, 0.1) is 5.82 Å². The van der Waals surface area contributed by atoms with Gasteiger partial charge < -0.3 is 4.74 Å². The van der Waals surface area contributed by atoms with Gasteiger partial charge in [-0.1, -0.05) is 18.6 Å². The highest BCUT2D eigenvalue weighted by Gasteiger charge is 2.39. The molecule has 1 saturated carbocycles. The van der Waals surface area contributed by atoms with E-state index < -0.39 is 21.1 Å². The number of nitrogens with zero attached hydrogens (tertiary/aromatic N) is 2. The van der Waals surface area contributed by atoms with Gasteiger partial charge in [-0.25, -0.2) is 27.5 Å². The Labute approximate surface area is 146 Å². The summed E-state index contributed by atoms with van der Waals surface area (Å²) in [5.74, 6) is 0.266. The van der Waals surface area contributed by atoms with E-state index in [0.717, 1.165) is 30.1 Å². The van der Waals surface area contributed by atoms with Crippen molar-refractivity contribution in [2.24, 2.45) is 0 Å². The monoisotopic (exact) mass is 365 g/mol. The second-order valence-corrected chi connectivity index (χ2v) is 8.03. The molecule has 1 N–H and O–H groups in total. The number of hydrogen-bond acceptors (Lipinski definition) is 5. The topological polar surface area (TPSA) is 81.2 Å². The largest absolute Gasteiger partial charge is 0.497 e. The summed E-state index contributed by atoms with van der Waals surface area (Å²) < 4.78 is 46.2. The van der Waals surface area contributed by atoms with Crippen LogP contribution in [0.25, 0.3) is 0 Å². The molecule has 2 aromatic rings. The van der Waals surface area contributed by atoms with E-state index in [-0.39, 0.29) is 12.5 Å². The summed E-state index contributed by atoms with van der Waals surface area (Å²) in [6, 6.07) is 7.20. The van der Waals surface area contributed by atoms with Gasteiger partial charge in [0.1, 0.15) is 11.6 Å². The molecule has 0 unspecified atom stereocenters. The number of halogens is 1. The van der Waals surface area contributed by atoms with Crippen LogP contribution >= 0.6 is 0 Å². The lowest BCUT2D eigenvalue weighted by atomic mass is 10.1. The number of ether oxygens (including phenoxy) is 1. The van der Waals surface area contributed by atoms with E-state index in [1.165, 1.54) is 0 Å². The summed E-state index contributed by atoms with van der Waals surface area (Å²) in [5, 5.41) is -0.601. The van der Waals surface area contributed by atoms with Crippen molar-refractivity contribution >= 4 is 10.0 Å². The fraction of sp³-hybridized carbons (Fsp3) is 0.412. The number of rotatable bonds is 6. The zero-order valence-electron chi connectivity index (χ0n) is 13.9. The lowest BCUT2D eigenvalue weighted by Gasteiger charge is -2.19. The van der Waals surface area contributed by atoms with Crippen molar-refractivity contribution in [2.45, 2.75) is 37.0 Å². The number of benzene rings is 1. The Hall–Kier alpha value is -2.06. The Balaban J connectivity index is 1.70. The molecule has 1 aromatic heterocycles. The number of aromatic nitrogens is 2. The smallest absolute Gasteiger partial charge is 0.215 e. The maximum Gasteiger partial charge on any atom is 0.215 e. The van der Waals surface area contributed by atoms with E-state index in [2.05, 4.69) is 14.7 Å². The predicted molar refractivity (Wildman–Crippen MR) is 91.1 cm³/mol. The van der Waals surface area contributed by atoms with Gasteiger partial charge in [0.05, 0.1) is 24.8 Å². The molecule has 3 rings (SSSR count). The third-order valence-corrected chi connectivity index (χ3v) is 6.37. The predicted octanol–water partition coefficient (Wildman–Crippen LogP) is 2.38. The highest BCUT2D eigenvalue weighted by Crippen LogP contribution is 2.36. The van der Waals surface area contributed by atoms with Gasteiger partial charge in [0.25, 0.3) is 0 Å². The zero-order valence-corrected chi connectivity index (χ0v) is 14.7. The Bertz CT molecular complexity index is 810. The number of sulfonamides is 1. The summed E-state index contributed by atoms with van der Waals surface area (Å²) in [5.41, 5.74) is 0.844. The minimum absolute atomic E-state index is 0.208. The zero-order chi connectivity index (χ0) is 17.9. The van der Waals surface area contributed by atoms with E-state index in [0.29, 0.717) is 18.7 Å². The molecule has 8 heteroatoms. The van der Waals surface area contributed by atoms with E-state index in [1.807, 2.05) is 12.1 Å². The molecule has 0 bridgehead atoms. The van der Waals surface area contributed by atoms with E-state index in [1.54, 1.807) is 19.2 Å². The molecule has 0 saturated heterocycles. The summed E-state index contributed by atoms with van der Waals surface area (Å²) in [6.45, 7) is 0.208. The van der Waals surface area contributed by atoms with E-state index >= 15 is 0 Å². The summed E-state index contributed by atoms with van der Waals surface area (Å²) >= 11 is 0. The van der Waals surface area contributed by atoms with Crippen molar-refractivity contribution in [3.63, 3.8) is 0 Å². The molecule has 1 fully saturated rings. The van der Waals surface area contributed by atoms with Crippen LogP contribution in [0.15, 0.2) is 36.7 Å². The lowest BCUT2D eigenvalue weighted by Crippen LogP contribution is -2.36. The first-order valence-corrected chi connectivity index (χ1v) is 9.63. The average molecular weight is 365 g/mol. The lowest BCUT2D eigenvalue weighted by molar-refractivity contribution is 0.414. The first kappa shape index (κ1) is 17.8. The third kappa shape index (κ3) is 4.13. The van der Waals surface area contributed by atoms with E-state index in [4.69, 9.17) is 4.74 Å². The van der Waals surface area contributed by atoms with Gasteiger partial charge in [-0.3, -0.25) is 0 Å². The fourth-order valence-corrected chi connectivity index (χ4v) is 4.89. The maximum absolute atomic E-state index is 13.0. The van der Waals surface area contributed by atoms with Crippen LogP contribution in [0.2, 0.25) is 0 Å². The van der Waals surface area contributed by atoms with Crippen molar-refractivity contribution < 1.29 is 17.5 Å². The standard InChI is InChI=1S/C17H20FN3O3S/c1-24-14-7-5-12(6-8-14)9-21-25(22,23)16-4-2-3-15(16)17-19-10-13(18)11-20-17/h5-8,10-11,15-16,21H,2-4,9H2,1H3/t15-,16+/m0/s1. The molecule has 25 heavy (non-hydrogen) atoms. The Kier molecular flexibility index (Phi) is 5.29. The second kappa shape index (κ2) is 7.45. The first-order valence-electron chi connectivity index (χ1n) is 8.08. The van der Waals surface area contributed by atoms with Gasteiger partial charge >= 0.3 is 0 Å². The van der Waals surface area contributed by atoms with Crippen molar-refractivity contribution in [1.29, 1.82) is 0 Å². The molecule has 0 radical (unpaired) electrons. The van der Waals surface area contributed by atoms with Crippen molar-refractivity contribution in [2.75, 3.05) is 7.11 Å². The molecule has 1 heterocycles. The fourth-order valence-electron chi connectivity index (χ4n) is 3.14. The molecule has 1 aromatic carbocycles. The van der Waals surface area contributed by atoms with Crippen LogP contribution in [-0.2, 0) is 16.6 Å². The van der Waals surface area contributed by atoms with E-state index in [9.17, 15) is 12.8 Å². The molecule has 134 valence electrons. The van der Waals surface area contributed by atoms with Gasteiger partial charge in [0.15, 0.2) is 5.82 Å². The molecule has 1 aliphatic rings. The highest BCUT2D eigenvalue weighted by atomic mass is 32.2. The first-order chi connectivity index (χ1) is 12.0. The quantitative estimate of drug-likeness (QED) is 0.850. The molecule has 0 aliphatic heterocycles. The van der Waals surface area contributed by atoms with Crippen LogP contribution in [0.3, 0.4) is 0 Å². The molecule has 1 aliphatic carbocycles. The maximum atomic E-state index is 13.0. The van der Waals surface area contributed by atoms with Crippen LogP contribution in [-0.4, -0.2) is 30.7 Å².